The zero-order valence-corrected chi connectivity index (χ0v) is 26.7. The second kappa shape index (κ2) is 9.27. The maximum atomic E-state index is 6.86. The molecule has 3 nitrogen and oxygen atoms in total. The van der Waals surface area contributed by atoms with Gasteiger partial charge in [-0.05, 0) is 123 Å². The molecular formula is C26H50O3Si3. The molecule has 0 aromatic heterocycles. The summed E-state index contributed by atoms with van der Waals surface area (Å²) in [5, 5.41) is 4.04. The summed E-state index contributed by atoms with van der Waals surface area (Å²) in [6.45, 7) is 37.4. The lowest BCUT2D eigenvalue weighted by atomic mass is 10.2. The predicted octanol–water partition coefficient (Wildman–Crippen LogP) is 6.01. The minimum atomic E-state index is -2.33. The minimum absolute atomic E-state index is 0.219. The Labute approximate surface area is 202 Å². The van der Waals surface area contributed by atoms with Crippen molar-refractivity contribution in [2.75, 3.05) is 0 Å². The van der Waals surface area contributed by atoms with Crippen molar-refractivity contribution in [3.63, 3.8) is 0 Å². The maximum Gasteiger partial charge on any atom is 0.218 e. The fraction of sp³-hybridized carbons (Fsp3) is 0.692. The molecule has 1 aromatic carbocycles. The van der Waals surface area contributed by atoms with E-state index in [0.29, 0.717) is 0 Å². The number of rotatable bonds is 7. The Kier molecular flexibility index (Phi) is 8.55. The summed E-state index contributed by atoms with van der Waals surface area (Å²) < 4.78 is 20.4. The SMILES string of the molecule is C=Cc1cc([Si](C)(C)OC(C)(C)C)c([Si](C)(C)OC(C)(C)C)c([Si](C)(C)OC(C)(C)C)c1. The van der Waals surface area contributed by atoms with E-state index >= 15 is 0 Å². The molecule has 0 aliphatic carbocycles. The molecule has 0 saturated carbocycles. The first kappa shape index (κ1) is 29.5. The maximum absolute atomic E-state index is 6.86. The summed E-state index contributed by atoms with van der Waals surface area (Å²) in [4.78, 5) is 0. The van der Waals surface area contributed by atoms with E-state index in [1.165, 1.54) is 15.6 Å². The van der Waals surface area contributed by atoms with Crippen LogP contribution in [0.15, 0.2) is 18.7 Å². The lowest BCUT2D eigenvalue weighted by Crippen LogP contribution is -2.72. The van der Waals surface area contributed by atoms with Gasteiger partial charge < -0.3 is 13.3 Å². The average molecular weight is 495 g/mol. The highest BCUT2D eigenvalue weighted by Gasteiger charge is 2.45. The van der Waals surface area contributed by atoms with E-state index < -0.39 is 25.0 Å². The largest absolute Gasteiger partial charge is 0.408 e. The second-order valence-electron chi connectivity index (χ2n) is 13.4. The molecule has 0 N–H and O–H groups in total. The highest BCUT2D eigenvalue weighted by molar-refractivity contribution is 7.00. The van der Waals surface area contributed by atoms with E-state index in [1.54, 1.807) is 0 Å². The van der Waals surface area contributed by atoms with Crippen LogP contribution in [0, 0.1) is 0 Å². The molecule has 0 saturated heterocycles. The number of hydrogen-bond donors (Lipinski definition) is 0. The van der Waals surface area contributed by atoms with Gasteiger partial charge in [-0.1, -0.05) is 24.8 Å². The summed E-state index contributed by atoms with van der Waals surface area (Å²) in [6, 6.07) is 4.62. The van der Waals surface area contributed by atoms with Gasteiger partial charge in [-0.2, -0.15) is 0 Å². The van der Waals surface area contributed by atoms with Gasteiger partial charge in [0.2, 0.25) is 25.0 Å². The molecular weight excluding hydrogens is 445 g/mol. The van der Waals surface area contributed by atoms with Crippen molar-refractivity contribution in [1.82, 2.24) is 0 Å². The van der Waals surface area contributed by atoms with Crippen molar-refractivity contribution >= 4 is 46.6 Å². The van der Waals surface area contributed by atoms with Gasteiger partial charge in [0.25, 0.3) is 0 Å². The van der Waals surface area contributed by atoms with Crippen LogP contribution in [0.2, 0.25) is 39.3 Å². The predicted molar refractivity (Wildman–Crippen MR) is 150 cm³/mol. The molecule has 1 rings (SSSR count). The molecule has 0 aliphatic heterocycles. The Morgan fingerprint density at radius 2 is 0.875 bits per heavy atom. The van der Waals surface area contributed by atoms with Crippen LogP contribution in [-0.2, 0) is 13.3 Å². The zero-order chi connectivity index (χ0) is 25.6. The third-order valence-electron chi connectivity index (χ3n) is 4.98. The monoisotopic (exact) mass is 494 g/mol. The van der Waals surface area contributed by atoms with E-state index in [9.17, 15) is 0 Å². The molecule has 0 fully saturated rings. The molecule has 0 atom stereocenters. The van der Waals surface area contributed by atoms with Gasteiger partial charge >= 0.3 is 0 Å². The topological polar surface area (TPSA) is 27.7 Å². The Morgan fingerprint density at radius 1 is 0.594 bits per heavy atom. The summed E-state index contributed by atoms with van der Waals surface area (Å²) in [7, 11) is -6.91. The Morgan fingerprint density at radius 3 is 1.12 bits per heavy atom. The van der Waals surface area contributed by atoms with Crippen LogP contribution in [0.1, 0.15) is 67.9 Å². The van der Waals surface area contributed by atoms with Crippen LogP contribution in [-0.4, -0.2) is 41.8 Å². The lowest BCUT2D eigenvalue weighted by Gasteiger charge is -2.43. The molecule has 0 radical (unpaired) electrons. The first-order chi connectivity index (χ1) is 13.9. The van der Waals surface area contributed by atoms with E-state index in [4.69, 9.17) is 13.3 Å². The van der Waals surface area contributed by atoms with Crippen LogP contribution in [0.5, 0.6) is 0 Å². The quantitative estimate of drug-likeness (QED) is 0.434. The van der Waals surface area contributed by atoms with Crippen molar-refractivity contribution in [3.05, 3.63) is 24.3 Å². The van der Waals surface area contributed by atoms with Crippen molar-refractivity contribution in [2.24, 2.45) is 0 Å². The fourth-order valence-electron chi connectivity index (χ4n) is 4.84. The van der Waals surface area contributed by atoms with Crippen molar-refractivity contribution in [1.29, 1.82) is 0 Å². The van der Waals surface area contributed by atoms with Gasteiger partial charge in [-0.3, -0.25) is 0 Å². The van der Waals surface area contributed by atoms with Crippen molar-refractivity contribution < 1.29 is 13.3 Å². The number of hydrogen-bond acceptors (Lipinski definition) is 3. The molecule has 1 aromatic rings. The van der Waals surface area contributed by atoms with Crippen LogP contribution < -0.4 is 15.6 Å². The van der Waals surface area contributed by atoms with E-state index in [2.05, 4.69) is 120 Å². The fourth-order valence-corrected chi connectivity index (χ4v) is 17.4. The first-order valence-electron chi connectivity index (χ1n) is 11.8. The summed E-state index contributed by atoms with van der Waals surface area (Å²) in [6.07, 6.45) is 1.96. The van der Waals surface area contributed by atoms with Crippen LogP contribution >= 0.6 is 0 Å². The highest BCUT2D eigenvalue weighted by atomic mass is 28.4. The smallest absolute Gasteiger partial charge is 0.218 e. The van der Waals surface area contributed by atoms with Crippen LogP contribution in [0.4, 0.5) is 0 Å². The molecule has 184 valence electrons. The van der Waals surface area contributed by atoms with E-state index in [1.807, 2.05) is 6.08 Å². The van der Waals surface area contributed by atoms with Crippen molar-refractivity contribution in [2.45, 2.75) is 118 Å². The first-order valence-corrected chi connectivity index (χ1v) is 20.6. The Balaban J connectivity index is 4.07. The van der Waals surface area contributed by atoms with Gasteiger partial charge in [0.05, 0.1) is 0 Å². The van der Waals surface area contributed by atoms with Gasteiger partial charge in [0, 0.05) is 16.8 Å². The van der Waals surface area contributed by atoms with Gasteiger partial charge in [-0.25, -0.2) is 0 Å². The minimum Gasteiger partial charge on any atom is -0.408 e. The molecule has 0 heterocycles. The summed E-state index contributed by atoms with van der Waals surface area (Å²) >= 11 is 0. The Hall–Kier alpha value is -0.509. The normalized spacial score (nSPS) is 14.6. The standard InChI is InChI=1S/C26H50O3Si3/c1-17-20-18-21(30(11,12)27-24(2,3)4)23(32(15,16)29-26(8,9)10)22(19-20)31(13,14)28-25(5,6)7/h17-19H,1H2,2-16H3. The molecule has 6 heteroatoms. The molecule has 0 bridgehead atoms. The van der Waals surface area contributed by atoms with Crippen LogP contribution in [0.25, 0.3) is 6.08 Å². The summed E-state index contributed by atoms with van der Waals surface area (Å²) in [5.41, 5.74) is 0.468. The molecule has 0 spiro atoms. The lowest BCUT2D eigenvalue weighted by molar-refractivity contribution is 0.122. The summed E-state index contributed by atoms with van der Waals surface area (Å²) in [5.74, 6) is 0. The van der Waals surface area contributed by atoms with Gasteiger partial charge in [0.1, 0.15) is 0 Å². The van der Waals surface area contributed by atoms with Crippen molar-refractivity contribution in [3.8, 4) is 0 Å². The van der Waals surface area contributed by atoms with Gasteiger partial charge in [0.15, 0.2) is 0 Å². The van der Waals surface area contributed by atoms with E-state index in [-0.39, 0.29) is 16.8 Å². The zero-order valence-electron chi connectivity index (χ0n) is 23.7. The average Bonchev–Trinajstić information content (AvgIpc) is 2.46. The van der Waals surface area contributed by atoms with Crippen LogP contribution in [0.3, 0.4) is 0 Å². The van der Waals surface area contributed by atoms with Gasteiger partial charge in [-0.15, -0.1) is 0 Å². The third kappa shape index (κ3) is 8.37. The number of benzene rings is 1. The molecule has 0 unspecified atom stereocenters. The highest BCUT2D eigenvalue weighted by Crippen LogP contribution is 2.24. The molecule has 32 heavy (non-hydrogen) atoms. The Bertz CT molecular complexity index is 771. The molecule has 0 aliphatic rings. The molecule has 0 amide bonds. The second-order valence-corrected chi connectivity index (χ2v) is 24.6. The van der Waals surface area contributed by atoms with E-state index in [0.717, 1.165) is 5.56 Å². The third-order valence-corrected chi connectivity index (χ3v) is 14.0.